The molecule has 23 heavy (non-hydrogen) atoms. The summed E-state index contributed by atoms with van der Waals surface area (Å²) in [6.45, 7) is 4.14. The molecule has 0 amide bonds. The lowest BCUT2D eigenvalue weighted by Crippen LogP contribution is -2.23. The van der Waals surface area contributed by atoms with Crippen LogP contribution in [-0.4, -0.2) is 5.11 Å². The van der Waals surface area contributed by atoms with Crippen molar-refractivity contribution in [2.45, 2.75) is 26.2 Å². The fourth-order valence-electron chi connectivity index (χ4n) is 3.73. The molecule has 0 bridgehead atoms. The molecule has 118 valence electrons. The molecule has 0 aromatic heterocycles. The van der Waals surface area contributed by atoms with Crippen molar-refractivity contribution < 1.29 is 5.11 Å². The Bertz CT molecular complexity index is 773. The first kappa shape index (κ1) is 15.4. The van der Waals surface area contributed by atoms with Crippen LogP contribution in [0.3, 0.4) is 0 Å². The van der Waals surface area contributed by atoms with Gasteiger partial charge in [-0.2, -0.15) is 0 Å². The molecule has 0 saturated carbocycles. The lowest BCUT2D eigenvalue weighted by Gasteiger charge is -2.35. The quantitative estimate of drug-likeness (QED) is 0.471. The average molecular weight is 305 g/mol. The molecule has 0 radical (unpaired) electrons. The number of aliphatic hydroxyl groups is 1. The molecule has 2 nitrogen and oxygen atoms in total. The highest BCUT2D eigenvalue weighted by molar-refractivity contribution is 5.53. The first-order chi connectivity index (χ1) is 11.2. The molecule has 0 heterocycles. The summed E-state index contributed by atoms with van der Waals surface area (Å²) in [6, 6.07) is 14.7. The molecule has 0 saturated heterocycles. The topological polar surface area (TPSA) is 46.2 Å². The highest BCUT2D eigenvalue weighted by atomic mass is 16.2. The minimum Gasteiger partial charge on any atom is -0.516 e. The minimum absolute atomic E-state index is 0.169. The molecule has 0 aliphatic heterocycles. The Morgan fingerprint density at radius 3 is 2.61 bits per heavy atom. The van der Waals surface area contributed by atoms with Crippen LogP contribution >= 0.6 is 0 Å². The third-order valence-corrected chi connectivity index (χ3v) is 4.77. The zero-order chi connectivity index (χ0) is 16.4. The number of aryl methyl sites for hydroxylation is 1. The summed E-state index contributed by atoms with van der Waals surface area (Å²) in [7, 11) is 0. The fourth-order valence-corrected chi connectivity index (χ4v) is 3.73. The van der Waals surface area contributed by atoms with Gasteiger partial charge in [-0.05, 0) is 60.2 Å². The second-order valence-electron chi connectivity index (χ2n) is 6.22. The molecule has 3 rings (SSSR count). The van der Waals surface area contributed by atoms with E-state index in [1.54, 1.807) is 0 Å². The predicted octanol–water partition coefficient (Wildman–Crippen LogP) is 4.90. The maximum Gasteiger partial charge on any atom is 0.0793 e. The summed E-state index contributed by atoms with van der Waals surface area (Å²) < 4.78 is 0. The predicted molar refractivity (Wildman–Crippen MR) is 96.6 cm³/mol. The van der Waals surface area contributed by atoms with Crippen molar-refractivity contribution in [2.24, 2.45) is 5.92 Å². The third-order valence-electron chi connectivity index (χ3n) is 4.77. The van der Waals surface area contributed by atoms with Crippen LogP contribution in [0.2, 0.25) is 0 Å². The van der Waals surface area contributed by atoms with E-state index in [9.17, 15) is 5.11 Å². The number of fused-ring (bicyclic) bond motifs is 1. The van der Waals surface area contributed by atoms with Gasteiger partial charge >= 0.3 is 0 Å². The monoisotopic (exact) mass is 305 g/mol. The SMILES string of the molecule is C/C=C\C1/C(=C\O)Cc2ccccc2C1c1ccc(N)cc1C. The van der Waals surface area contributed by atoms with E-state index >= 15 is 0 Å². The number of hydrogen-bond acceptors (Lipinski definition) is 2. The summed E-state index contributed by atoms with van der Waals surface area (Å²) >= 11 is 0. The minimum atomic E-state index is 0.169. The lowest BCUT2D eigenvalue weighted by atomic mass is 9.68. The van der Waals surface area contributed by atoms with Crippen LogP contribution < -0.4 is 5.73 Å². The Labute approximate surface area is 138 Å². The summed E-state index contributed by atoms with van der Waals surface area (Å²) in [4.78, 5) is 0. The molecule has 0 spiro atoms. The Morgan fingerprint density at radius 2 is 1.91 bits per heavy atom. The third kappa shape index (κ3) is 2.77. The number of hydrogen-bond donors (Lipinski definition) is 2. The van der Waals surface area contributed by atoms with Crippen molar-refractivity contribution >= 4 is 5.69 Å². The van der Waals surface area contributed by atoms with E-state index in [4.69, 9.17) is 5.73 Å². The van der Waals surface area contributed by atoms with E-state index in [1.165, 1.54) is 28.5 Å². The first-order valence-corrected chi connectivity index (χ1v) is 8.05. The van der Waals surface area contributed by atoms with Crippen molar-refractivity contribution in [3.05, 3.63) is 88.7 Å². The van der Waals surface area contributed by atoms with E-state index < -0.39 is 0 Å². The van der Waals surface area contributed by atoms with E-state index in [0.717, 1.165) is 17.7 Å². The number of rotatable bonds is 2. The van der Waals surface area contributed by atoms with Crippen molar-refractivity contribution in [1.29, 1.82) is 0 Å². The molecule has 3 N–H and O–H groups in total. The molecule has 2 unspecified atom stereocenters. The standard InChI is InChI=1S/C21H23NO/c1-3-6-19-16(13-23)12-15-7-4-5-8-20(15)21(19)18-10-9-17(22)11-14(18)2/h3-11,13,19,21,23H,12,22H2,1-2H3/b6-3-,16-13-. The largest absolute Gasteiger partial charge is 0.516 e. The number of nitrogens with two attached hydrogens (primary N) is 1. The van der Waals surface area contributed by atoms with Crippen LogP contribution in [0.1, 0.15) is 35.1 Å². The van der Waals surface area contributed by atoms with Gasteiger partial charge in [0.25, 0.3) is 0 Å². The zero-order valence-electron chi connectivity index (χ0n) is 13.7. The van der Waals surface area contributed by atoms with Crippen molar-refractivity contribution in [3.63, 3.8) is 0 Å². The van der Waals surface area contributed by atoms with Gasteiger partial charge in [-0.15, -0.1) is 0 Å². The van der Waals surface area contributed by atoms with Crippen LogP contribution in [0.15, 0.2) is 66.5 Å². The Hall–Kier alpha value is -2.48. The normalized spacial score (nSPS) is 22.4. The summed E-state index contributed by atoms with van der Waals surface area (Å²) in [5.41, 5.74) is 12.9. The summed E-state index contributed by atoms with van der Waals surface area (Å²) in [6.07, 6.45) is 6.35. The van der Waals surface area contributed by atoms with Gasteiger partial charge in [0.05, 0.1) is 6.26 Å². The highest BCUT2D eigenvalue weighted by Crippen LogP contribution is 2.45. The fraction of sp³-hybridized carbons (Fsp3) is 0.238. The van der Waals surface area contributed by atoms with E-state index in [1.807, 2.05) is 19.1 Å². The number of anilines is 1. The van der Waals surface area contributed by atoms with Crippen molar-refractivity contribution in [3.8, 4) is 0 Å². The van der Waals surface area contributed by atoms with Gasteiger partial charge in [0.1, 0.15) is 0 Å². The van der Waals surface area contributed by atoms with Gasteiger partial charge in [0.15, 0.2) is 0 Å². The smallest absolute Gasteiger partial charge is 0.0793 e. The lowest BCUT2D eigenvalue weighted by molar-refractivity contribution is 0.447. The van der Waals surface area contributed by atoms with Crippen LogP contribution in [-0.2, 0) is 6.42 Å². The number of nitrogen functional groups attached to an aromatic ring is 1. The van der Waals surface area contributed by atoms with Gasteiger partial charge in [-0.3, -0.25) is 0 Å². The molecule has 2 aromatic carbocycles. The molecular weight excluding hydrogens is 282 g/mol. The molecular formula is C21H23NO. The maximum absolute atomic E-state index is 9.78. The first-order valence-electron chi connectivity index (χ1n) is 8.05. The Kier molecular flexibility index (Phi) is 4.24. The van der Waals surface area contributed by atoms with Crippen molar-refractivity contribution in [1.82, 2.24) is 0 Å². The van der Waals surface area contributed by atoms with Gasteiger partial charge in [0.2, 0.25) is 0 Å². The molecule has 0 fully saturated rings. The molecule has 1 aliphatic rings. The molecule has 2 aromatic rings. The van der Waals surface area contributed by atoms with E-state index in [2.05, 4.69) is 49.4 Å². The number of benzene rings is 2. The van der Waals surface area contributed by atoms with Crippen LogP contribution in [0.25, 0.3) is 0 Å². The Morgan fingerprint density at radius 1 is 1.13 bits per heavy atom. The summed E-state index contributed by atoms with van der Waals surface area (Å²) in [5.74, 6) is 0.373. The number of aliphatic hydroxyl groups excluding tert-OH is 1. The van der Waals surface area contributed by atoms with Crippen LogP contribution in [0, 0.1) is 12.8 Å². The second kappa shape index (κ2) is 6.33. The molecule has 2 heteroatoms. The van der Waals surface area contributed by atoms with Gasteiger partial charge in [-0.25, -0.2) is 0 Å². The van der Waals surface area contributed by atoms with Crippen molar-refractivity contribution in [2.75, 3.05) is 5.73 Å². The maximum atomic E-state index is 9.78. The summed E-state index contributed by atoms with van der Waals surface area (Å²) in [5, 5.41) is 9.78. The zero-order valence-corrected chi connectivity index (χ0v) is 13.7. The second-order valence-corrected chi connectivity index (χ2v) is 6.22. The molecule has 1 aliphatic carbocycles. The van der Waals surface area contributed by atoms with E-state index in [0.29, 0.717) is 0 Å². The van der Waals surface area contributed by atoms with Gasteiger partial charge in [-0.1, -0.05) is 42.5 Å². The van der Waals surface area contributed by atoms with Gasteiger partial charge < -0.3 is 10.8 Å². The number of allylic oxidation sites excluding steroid dienone is 3. The highest BCUT2D eigenvalue weighted by Gasteiger charge is 2.33. The average Bonchev–Trinajstić information content (AvgIpc) is 2.55. The van der Waals surface area contributed by atoms with Gasteiger partial charge in [0, 0.05) is 17.5 Å². The Balaban J connectivity index is 2.23. The van der Waals surface area contributed by atoms with Crippen LogP contribution in [0.4, 0.5) is 5.69 Å². The van der Waals surface area contributed by atoms with Crippen LogP contribution in [0.5, 0.6) is 0 Å². The van der Waals surface area contributed by atoms with E-state index in [-0.39, 0.29) is 11.8 Å². The molecule has 2 atom stereocenters.